The van der Waals surface area contributed by atoms with Crippen LogP contribution in [0.25, 0.3) is 11.3 Å². The number of hydrogen-bond acceptors (Lipinski definition) is 5. The van der Waals surface area contributed by atoms with Gasteiger partial charge in [0.25, 0.3) is 0 Å². The maximum Gasteiger partial charge on any atom is 0.358 e. The van der Waals surface area contributed by atoms with Crippen LogP contribution in [0.15, 0.2) is 33.7 Å². The van der Waals surface area contributed by atoms with Crippen LogP contribution in [0.5, 0.6) is 0 Å². The fraction of sp³-hybridized carbons (Fsp3) is 0.0909. The van der Waals surface area contributed by atoms with E-state index in [0.717, 1.165) is 24.5 Å². The van der Waals surface area contributed by atoms with E-state index >= 15 is 0 Å². The summed E-state index contributed by atoms with van der Waals surface area (Å²) >= 11 is 0. The zero-order valence-corrected chi connectivity index (χ0v) is 10.4. The van der Waals surface area contributed by atoms with Gasteiger partial charge in [0.05, 0.1) is 0 Å². The number of benzene rings is 1. The van der Waals surface area contributed by atoms with Gasteiger partial charge in [0, 0.05) is 17.9 Å². The Morgan fingerprint density at radius 2 is 2.05 bits per heavy atom. The number of nitrogens with zero attached hydrogens (tertiary/aromatic N) is 1. The van der Waals surface area contributed by atoms with Crippen LogP contribution in [-0.2, 0) is 9.84 Å². The summed E-state index contributed by atoms with van der Waals surface area (Å²) in [5.41, 5.74) is -0.0953. The third-order valence-electron chi connectivity index (χ3n) is 2.34. The fourth-order valence-electron chi connectivity index (χ4n) is 1.45. The lowest BCUT2D eigenvalue weighted by Crippen LogP contribution is -2.00. The minimum absolute atomic E-state index is 0.0438. The number of hydrogen-bond donors (Lipinski definition) is 1. The molecule has 2 aromatic rings. The quantitative estimate of drug-likeness (QED) is 0.919. The molecule has 0 saturated heterocycles. The molecule has 0 amide bonds. The number of rotatable bonds is 3. The van der Waals surface area contributed by atoms with Crippen molar-refractivity contribution in [3.05, 3.63) is 35.8 Å². The summed E-state index contributed by atoms with van der Waals surface area (Å²) in [5, 5.41) is 12.0. The van der Waals surface area contributed by atoms with E-state index in [2.05, 4.69) is 5.16 Å². The van der Waals surface area contributed by atoms with Crippen molar-refractivity contribution < 1.29 is 27.2 Å². The van der Waals surface area contributed by atoms with Crippen molar-refractivity contribution in [3.8, 4) is 11.3 Å². The van der Waals surface area contributed by atoms with Crippen molar-refractivity contribution in [1.29, 1.82) is 0 Å². The summed E-state index contributed by atoms with van der Waals surface area (Å²) in [6.45, 7) is 0. The van der Waals surface area contributed by atoms with Gasteiger partial charge in [-0.1, -0.05) is 5.16 Å². The van der Waals surface area contributed by atoms with Crippen LogP contribution in [0.3, 0.4) is 0 Å². The van der Waals surface area contributed by atoms with Gasteiger partial charge in [0.15, 0.2) is 21.3 Å². The van der Waals surface area contributed by atoms with E-state index in [4.69, 9.17) is 9.63 Å². The minimum atomic E-state index is -3.73. The molecule has 1 N–H and O–H groups in total. The predicted molar refractivity (Wildman–Crippen MR) is 62.0 cm³/mol. The molecule has 1 aromatic carbocycles. The lowest BCUT2D eigenvalue weighted by molar-refractivity contribution is 0.0686. The Kier molecular flexibility index (Phi) is 3.11. The van der Waals surface area contributed by atoms with E-state index in [9.17, 15) is 17.6 Å². The number of halogens is 1. The summed E-state index contributed by atoms with van der Waals surface area (Å²) in [6, 6.07) is 4.43. The van der Waals surface area contributed by atoms with E-state index in [1.165, 1.54) is 6.07 Å². The van der Waals surface area contributed by atoms with Crippen LogP contribution in [0.2, 0.25) is 0 Å². The molecule has 100 valence electrons. The first kappa shape index (κ1) is 13.2. The predicted octanol–water partition coefficient (Wildman–Crippen LogP) is 1.58. The second kappa shape index (κ2) is 4.47. The lowest BCUT2D eigenvalue weighted by Gasteiger charge is -2.02. The Hall–Kier alpha value is -2.22. The van der Waals surface area contributed by atoms with Crippen LogP contribution < -0.4 is 0 Å². The van der Waals surface area contributed by atoms with Crippen molar-refractivity contribution in [2.24, 2.45) is 0 Å². The number of carboxylic acids is 1. The lowest BCUT2D eigenvalue weighted by atomic mass is 10.1. The molecule has 0 unspecified atom stereocenters. The van der Waals surface area contributed by atoms with E-state index in [1.54, 1.807) is 0 Å². The molecule has 8 heteroatoms. The van der Waals surface area contributed by atoms with E-state index in [1.807, 2.05) is 0 Å². The SMILES string of the molecule is CS(=O)(=O)c1cc(-c2cc(C(=O)O)no2)ccc1F. The average Bonchev–Trinajstić information content (AvgIpc) is 2.77. The van der Waals surface area contributed by atoms with Crippen molar-refractivity contribution in [2.75, 3.05) is 6.26 Å². The molecule has 0 bridgehead atoms. The Labute approximate surface area is 107 Å². The summed E-state index contributed by atoms with van der Waals surface area (Å²) < 4.78 is 40.9. The zero-order chi connectivity index (χ0) is 14.2. The minimum Gasteiger partial charge on any atom is -0.476 e. The smallest absolute Gasteiger partial charge is 0.358 e. The van der Waals surface area contributed by atoms with Crippen LogP contribution in [0.4, 0.5) is 4.39 Å². The molecule has 1 aromatic heterocycles. The van der Waals surface area contributed by atoms with Gasteiger partial charge in [-0.15, -0.1) is 0 Å². The zero-order valence-electron chi connectivity index (χ0n) is 9.62. The first-order valence-corrected chi connectivity index (χ1v) is 6.88. The highest BCUT2D eigenvalue weighted by atomic mass is 32.2. The molecule has 0 aliphatic heterocycles. The molecule has 19 heavy (non-hydrogen) atoms. The molecule has 0 spiro atoms. The number of aromatic nitrogens is 1. The Balaban J connectivity index is 2.54. The van der Waals surface area contributed by atoms with E-state index < -0.39 is 26.5 Å². The largest absolute Gasteiger partial charge is 0.476 e. The number of carboxylic acid groups (broad SMARTS) is 1. The van der Waals surface area contributed by atoms with Crippen molar-refractivity contribution >= 4 is 15.8 Å². The monoisotopic (exact) mass is 285 g/mol. The summed E-state index contributed by atoms with van der Waals surface area (Å²) in [6.07, 6.45) is 0.873. The van der Waals surface area contributed by atoms with Gasteiger partial charge in [-0.3, -0.25) is 0 Å². The Bertz CT molecular complexity index is 750. The van der Waals surface area contributed by atoms with Crippen molar-refractivity contribution in [1.82, 2.24) is 5.16 Å². The molecule has 6 nitrogen and oxygen atoms in total. The van der Waals surface area contributed by atoms with Crippen LogP contribution >= 0.6 is 0 Å². The molecular formula is C11H8FNO5S. The van der Waals surface area contributed by atoms with Crippen molar-refractivity contribution in [2.45, 2.75) is 4.90 Å². The fourth-order valence-corrected chi connectivity index (χ4v) is 2.22. The van der Waals surface area contributed by atoms with Gasteiger partial charge in [0.2, 0.25) is 0 Å². The molecule has 0 aliphatic rings. The third-order valence-corrected chi connectivity index (χ3v) is 3.46. The molecule has 0 aliphatic carbocycles. The standard InChI is InChI=1S/C11H8FNO5S/c1-19(16,17)10-4-6(2-3-7(10)12)9-5-8(11(14)15)13-18-9/h2-5H,1H3,(H,14,15). The maximum absolute atomic E-state index is 13.4. The average molecular weight is 285 g/mol. The molecule has 0 fully saturated rings. The molecule has 1 heterocycles. The highest BCUT2D eigenvalue weighted by Crippen LogP contribution is 2.25. The second-order valence-electron chi connectivity index (χ2n) is 3.80. The highest BCUT2D eigenvalue weighted by molar-refractivity contribution is 7.90. The molecule has 0 saturated carbocycles. The van der Waals surface area contributed by atoms with Gasteiger partial charge < -0.3 is 9.63 Å². The van der Waals surface area contributed by atoms with Crippen LogP contribution in [0, 0.1) is 5.82 Å². The molecule has 2 rings (SSSR count). The van der Waals surface area contributed by atoms with Gasteiger partial charge in [-0.2, -0.15) is 0 Å². The number of carbonyl (C=O) groups is 1. The summed E-state index contributed by atoms with van der Waals surface area (Å²) in [5.74, 6) is -2.12. The second-order valence-corrected chi connectivity index (χ2v) is 5.78. The number of sulfone groups is 1. The van der Waals surface area contributed by atoms with Crippen LogP contribution in [-0.4, -0.2) is 30.9 Å². The van der Waals surface area contributed by atoms with Gasteiger partial charge in [-0.25, -0.2) is 17.6 Å². The first-order valence-electron chi connectivity index (χ1n) is 4.99. The Morgan fingerprint density at radius 3 is 2.58 bits per heavy atom. The van der Waals surface area contributed by atoms with Crippen molar-refractivity contribution in [3.63, 3.8) is 0 Å². The normalized spacial score (nSPS) is 11.5. The van der Waals surface area contributed by atoms with Gasteiger partial charge in [-0.05, 0) is 18.2 Å². The molecule has 0 atom stereocenters. The van der Waals surface area contributed by atoms with Gasteiger partial charge >= 0.3 is 5.97 Å². The van der Waals surface area contributed by atoms with Gasteiger partial charge in [0.1, 0.15) is 10.7 Å². The summed E-state index contributed by atoms with van der Waals surface area (Å²) in [4.78, 5) is 10.2. The molecule has 0 radical (unpaired) electrons. The number of aromatic carboxylic acids is 1. The highest BCUT2D eigenvalue weighted by Gasteiger charge is 2.17. The van der Waals surface area contributed by atoms with Crippen LogP contribution in [0.1, 0.15) is 10.5 Å². The summed E-state index contributed by atoms with van der Waals surface area (Å²) in [7, 11) is -3.73. The Morgan fingerprint density at radius 1 is 1.37 bits per heavy atom. The topological polar surface area (TPSA) is 97.5 Å². The molecular weight excluding hydrogens is 277 g/mol. The first-order chi connectivity index (χ1) is 8.79. The maximum atomic E-state index is 13.4. The van der Waals surface area contributed by atoms with E-state index in [-0.39, 0.29) is 17.0 Å². The third kappa shape index (κ3) is 2.63. The van der Waals surface area contributed by atoms with E-state index in [0.29, 0.717) is 0 Å².